The third kappa shape index (κ3) is 5.05. The van der Waals surface area contributed by atoms with Gasteiger partial charge in [0, 0.05) is 19.0 Å². The third-order valence-corrected chi connectivity index (χ3v) is 5.85. The summed E-state index contributed by atoms with van der Waals surface area (Å²) in [5.41, 5.74) is 4.82. The lowest BCUT2D eigenvalue weighted by molar-refractivity contribution is -0.116. The number of amides is 1. The Morgan fingerprint density at radius 2 is 1.81 bits per heavy atom. The first-order valence-corrected chi connectivity index (χ1v) is 10.8. The van der Waals surface area contributed by atoms with Gasteiger partial charge in [0.2, 0.25) is 11.9 Å². The zero-order chi connectivity index (χ0) is 21.8. The monoisotopic (exact) mass is 413 g/mol. The fraction of sp³-hybridized carbons (Fsp3) is 0.308. The number of nitrogens with zero attached hydrogens (tertiary/aromatic N) is 2. The predicted molar refractivity (Wildman–Crippen MR) is 121 cm³/mol. The van der Waals surface area contributed by atoms with Crippen molar-refractivity contribution in [2.24, 2.45) is 0 Å². The highest BCUT2D eigenvalue weighted by molar-refractivity contribution is 5.98. The molecule has 5 heteroatoms. The van der Waals surface area contributed by atoms with Crippen LogP contribution in [0.15, 0.2) is 60.8 Å². The highest BCUT2D eigenvalue weighted by Gasteiger charge is 2.28. The molecule has 0 saturated carbocycles. The van der Waals surface area contributed by atoms with Crippen molar-refractivity contribution in [2.45, 2.75) is 51.4 Å². The Kier molecular flexibility index (Phi) is 6.21. The van der Waals surface area contributed by atoms with Crippen LogP contribution in [0.25, 0.3) is 0 Å². The Bertz CT molecular complexity index is 1080. The van der Waals surface area contributed by atoms with Gasteiger partial charge in [-0.2, -0.15) is 0 Å². The molecule has 0 fully saturated rings. The second-order valence-corrected chi connectivity index (χ2v) is 8.44. The number of carbonyl (C=O) groups excluding carboxylic acids is 2. The Balaban J connectivity index is 1.44. The van der Waals surface area contributed by atoms with Gasteiger partial charge in [-0.1, -0.05) is 68.4 Å². The maximum atomic E-state index is 12.7. The van der Waals surface area contributed by atoms with E-state index in [-0.39, 0.29) is 23.6 Å². The molecule has 1 aliphatic carbocycles. The molecule has 1 amide bonds. The van der Waals surface area contributed by atoms with E-state index in [1.165, 1.54) is 5.56 Å². The minimum atomic E-state index is -0.133. The molecule has 1 N–H and O–H groups in total. The molecule has 1 aromatic heterocycles. The lowest BCUT2D eigenvalue weighted by Crippen LogP contribution is -2.22. The quantitative estimate of drug-likeness (QED) is 0.611. The summed E-state index contributed by atoms with van der Waals surface area (Å²) < 4.78 is 0. The van der Waals surface area contributed by atoms with Crippen molar-refractivity contribution in [1.29, 1.82) is 0 Å². The highest BCUT2D eigenvalue weighted by Crippen LogP contribution is 2.32. The molecule has 2 aromatic carbocycles. The van der Waals surface area contributed by atoms with E-state index in [2.05, 4.69) is 53.4 Å². The lowest BCUT2D eigenvalue weighted by atomic mass is 9.81. The number of aryl methyl sites for hydroxylation is 1. The first kappa shape index (κ1) is 20.9. The number of benzene rings is 2. The van der Waals surface area contributed by atoms with Gasteiger partial charge in [0.05, 0.1) is 11.3 Å². The number of aromatic nitrogens is 2. The van der Waals surface area contributed by atoms with E-state index in [4.69, 9.17) is 0 Å². The summed E-state index contributed by atoms with van der Waals surface area (Å²) >= 11 is 0. The summed E-state index contributed by atoms with van der Waals surface area (Å²) in [6.07, 6.45) is 3.69. The molecular formula is C26H27N3O2. The maximum absolute atomic E-state index is 12.7. The molecule has 158 valence electrons. The van der Waals surface area contributed by atoms with Gasteiger partial charge in [-0.15, -0.1) is 0 Å². The van der Waals surface area contributed by atoms with Gasteiger partial charge in [0.15, 0.2) is 5.78 Å². The molecule has 0 saturated heterocycles. The minimum absolute atomic E-state index is 0.0566. The van der Waals surface area contributed by atoms with Gasteiger partial charge < -0.3 is 0 Å². The summed E-state index contributed by atoms with van der Waals surface area (Å²) in [6.45, 7) is 4.34. The number of anilines is 1. The number of nitrogens with one attached hydrogen (secondary N) is 1. The van der Waals surface area contributed by atoms with E-state index in [0.29, 0.717) is 42.9 Å². The van der Waals surface area contributed by atoms with Gasteiger partial charge >= 0.3 is 0 Å². The molecule has 0 bridgehead atoms. The Hall–Kier alpha value is -3.34. The van der Waals surface area contributed by atoms with Crippen molar-refractivity contribution in [2.75, 3.05) is 5.32 Å². The number of fused-ring (bicyclic) bond motifs is 1. The largest absolute Gasteiger partial charge is 0.295 e. The van der Waals surface area contributed by atoms with Crippen LogP contribution in [0.4, 0.5) is 5.95 Å². The van der Waals surface area contributed by atoms with Crippen molar-refractivity contribution < 1.29 is 9.59 Å². The van der Waals surface area contributed by atoms with Crippen molar-refractivity contribution in [3.05, 3.63) is 88.7 Å². The van der Waals surface area contributed by atoms with Crippen LogP contribution < -0.4 is 5.32 Å². The van der Waals surface area contributed by atoms with Gasteiger partial charge in [0.1, 0.15) is 0 Å². The number of carbonyl (C=O) groups is 2. The number of hydrogen-bond donors (Lipinski definition) is 1. The van der Waals surface area contributed by atoms with Crippen molar-refractivity contribution in [1.82, 2.24) is 9.97 Å². The van der Waals surface area contributed by atoms with E-state index in [9.17, 15) is 9.59 Å². The molecular weight excluding hydrogens is 386 g/mol. The zero-order valence-corrected chi connectivity index (χ0v) is 18.0. The first-order chi connectivity index (χ1) is 15.0. The van der Waals surface area contributed by atoms with Crippen molar-refractivity contribution in [3.8, 4) is 0 Å². The molecule has 0 spiro atoms. The van der Waals surface area contributed by atoms with Gasteiger partial charge in [-0.25, -0.2) is 9.97 Å². The summed E-state index contributed by atoms with van der Waals surface area (Å²) in [5.74, 6) is 0.759. The van der Waals surface area contributed by atoms with Gasteiger partial charge in [-0.3, -0.25) is 14.9 Å². The van der Waals surface area contributed by atoms with Crippen LogP contribution in [0.3, 0.4) is 0 Å². The van der Waals surface area contributed by atoms with Crippen molar-refractivity contribution >= 4 is 17.6 Å². The van der Waals surface area contributed by atoms with E-state index in [1.54, 1.807) is 6.20 Å². The van der Waals surface area contributed by atoms with Crippen LogP contribution in [-0.2, 0) is 17.6 Å². The first-order valence-electron chi connectivity index (χ1n) is 10.8. The minimum Gasteiger partial charge on any atom is -0.295 e. The molecule has 5 nitrogen and oxygen atoms in total. The second-order valence-electron chi connectivity index (χ2n) is 8.44. The molecule has 4 rings (SSSR count). The van der Waals surface area contributed by atoms with E-state index >= 15 is 0 Å². The SMILES string of the molecule is CC(C)c1ccc([C@@H]2CC(=O)c3cnc(NC(=O)CCc4ccccc4)nc3C2)cc1. The standard InChI is InChI=1S/C26H27N3O2/c1-17(2)19-9-11-20(12-10-19)21-14-23-22(24(30)15-21)16-27-26(28-23)29-25(31)13-8-18-6-4-3-5-7-18/h3-7,9-12,16-17,21H,8,13-15H2,1-2H3,(H,27,28,29,31)/t21-/m0/s1. The van der Waals surface area contributed by atoms with Gasteiger partial charge in [0.25, 0.3) is 0 Å². The fourth-order valence-corrected chi connectivity index (χ4v) is 3.98. The van der Waals surface area contributed by atoms with Crippen LogP contribution in [0.5, 0.6) is 0 Å². The predicted octanol–water partition coefficient (Wildman–Crippen LogP) is 5.08. The summed E-state index contributed by atoms with van der Waals surface area (Å²) in [4.78, 5) is 33.7. The number of rotatable bonds is 6. The lowest BCUT2D eigenvalue weighted by Gasteiger charge is -2.23. The topological polar surface area (TPSA) is 72.0 Å². The number of ketones is 1. The average Bonchev–Trinajstić information content (AvgIpc) is 2.78. The zero-order valence-electron chi connectivity index (χ0n) is 18.0. The van der Waals surface area contributed by atoms with Crippen molar-refractivity contribution in [3.63, 3.8) is 0 Å². The summed E-state index contributed by atoms with van der Waals surface area (Å²) in [7, 11) is 0. The second kappa shape index (κ2) is 9.21. The molecule has 0 radical (unpaired) electrons. The molecule has 1 atom stereocenters. The third-order valence-electron chi connectivity index (χ3n) is 5.85. The van der Waals surface area contributed by atoms with E-state index < -0.39 is 0 Å². The normalized spacial score (nSPS) is 15.6. The smallest absolute Gasteiger partial charge is 0.229 e. The summed E-state index contributed by atoms with van der Waals surface area (Å²) in [6, 6.07) is 18.4. The van der Waals surface area contributed by atoms with Crippen LogP contribution >= 0.6 is 0 Å². The molecule has 3 aromatic rings. The highest BCUT2D eigenvalue weighted by atomic mass is 16.1. The van der Waals surface area contributed by atoms with Crippen LogP contribution in [0.1, 0.15) is 71.3 Å². The van der Waals surface area contributed by atoms with Crippen LogP contribution in [-0.4, -0.2) is 21.7 Å². The Morgan fingerprint density at radius 3 is 2.52 bits per heavy atom. The van der Waals surface area contributed by atoms with E-state index in [1.807, 2.05) is 30.3 Å². The maximum Gasteiger partial charge on any atom is 0.229 e. The Labute approximate surface area is 183 Å². The average molecular weight is 414 g/mol. The van der Waals surface area contributed by atoms with Gasteiger partial charge in [-0.05, 0) is 41.4 Å². The Morgan fingerprint density at radius 1 is 1.06 bits per heavy atom. The fourth-order valence-electron chi connectivity index (χ4n) is 3.98. The van der Waals surface area contributed by atoms with Crippen LogP contribution in [0.2, 0.25) is 0 Å². The molecule has 1 aliphatic rings. The number of Topliss-reactive ketones (excluding diaryl/α,β-unsaturated/α-hetero) is 1. The molecule has 1 heterocycles. The molecule has 31 heavy (non-hydrogen) atoms. The van der Waals surface area contributed by atoms with E-state index in [0.717, 1.165) is 11.1 Å². The molecule has 0 unspecified atom stereocenters. The number of hydrogen-bond acceptors (Lipinski definition) is 4. The van der Waals surface area contributed by atoms with Crippen LogP contribution in [0, 0.1) is 0 Å². The molecule has 0 aliphatic heterocycles. The summed E-state index contributed by atoms with van der Waals surface area (Å²) in [5, 5.41) is 2.78.